The van der Waals surface area contributed by atoms with Gasteiger partial charge < -0.3 is 20.4 Å². The molecular formula is C24H27FN4O3. The van der Waals surface area contributed by atoms with Crippen molar-refractivity contribution >= 4 is 28.2 Å². The summed E-state index contributed by atoms with van der Waals surface area (Å²) in [6, 6.07) is 7.20. The van der Waals surface area contributed by atoms with E-state index in [1.807, 2.05) is 0 Å². The number of nitrogens with zero attached hydrogens (tertiary/aromatic N) is 3. The molecule has 0 radical (unpaired) electrons. The number of rotatable bonds is 7. The number of benzene rings is 2. The van der Waals surface area contributed by atoms with E-state index >= 15 is 0 Å². The normalized spacial score (nSPS) is 14.4. The molecule has 7 nitrogen and oxygen atoms in total. The first-order valence-electron chi connectivity index (χ1n) is 10.8. The van der Waals surface area contributed by atoms with Crippen LogP contribution >= 0.6 is 0 Å². The maximum Gasteiger partial charge on any atom is 0.261 e. The molecule has 0 aliphatic carbocycles. The van der Waals surface area contributed by atoms with E-state index in [1.54, 1.807) is 22.8 Å². The van der Waals surface area contributed by atoms with Crippen molar-refractivity contribution in [1.82, 2.24) is 14.5 Å². The summed E-state index contributed by atoms with van der Waals surface area (Å²) < 4.78 is 16.2. The van der Waals surface area contributed by atoms with Crippen molar-refractivity contribution in [3.05, 3.63) is 57.9 Å². The van der Waals surface area contributed by atoms with Gasteiger partial charge in [-0.3, -0.25) is 9.36 Å². The second-order valence-corrected chi connectivity index (χ2v) is 7.86. The molecule has 1 aliphatic rings. The van der Waals surface area contributed by atoms with Crippen molar-refractivity contribution in [2.45, 2.75) is 26.8 Å². The molecule has 0 saturated carbocycles. The minimum absolute atomic E-state index is 0.0279. The molecule has 0 bridgehead atoms. The van der Waals surface area contributed by atoms with Crippen LogP contribution in [0, 0.1) is 5.82 Å². The molecule has 3 aromatic rings. The molecule has 0 fully saturated rings. The van der Waals surface area contributed by atoms with Crippen LogP contribution in [0.15, 0.2) is 35.1 Å². The Morgan fingerprint density at radius 1 is 1.22 bits per heavy atom. The van der Waals surface area contributed by atoms with Gasteiger partial charge >= 0.3 is 0 Å². The first-order chi connectivity index (χ1) is 15.4. The lowest BCUT2D eigenvalue weighted by Crippen LogP contribution is -2.28. The topological polar surface area (TPSA) is 90.6 Å². The standard InChI is InChI=1S/C24H27FN4O3/c1-3-28(4-2)10-8-26-21-14-20-18(13-19(21)25)24(32)29-9-7-16(23(29)27-20)11-15-5-6-17(30)12-22(15)31/h5-6,11-14,26,30-31H,3-4,7-10H2,1-2H3/b16-11+. The smallest absolute Gasteiger partial charge is 0.261 e. The molecule has 0 unspecified atom stereocenters. The Balaban J connectivity index is 1.70. The Hall–Kier alpha value is -3.39. The van der Waals surface area contributed by atoms with E-state index in [4.69, 9.17) is 0 Å². The lowest BCUT2D eigenvalue weighted by atomic mass is 10.1. The number of hydrogen-bond acceptors (Lipinski definition) is 6. The van der Waals surface area contributed by atoms with Gasteiger partial charge in [-0.05, 0) is 55.4 Å². The number of hydrogen-bond donors (Lipinski definition) is 3. The van der Waals surface area contributed by atoms with Crippen LogP contribution in [0.2, 0.25) is 0 Å². The van der Waals surface area contributed by atoms with E-state index in [-0.39, 0.29) is 22.4 Å². The van der Waals surface area contributed by atoms with Crippen molar-refractivity contribution < 1.29 is 14.6 Å². The van der Waals surface area contributed by atoms with Crippen LogP contribution in [-0.4, -0.2) is 50.8 Å². The number of halogens is 1. The highest BCUT2D eigenvalue weighted by Crippen LogP contribution is 2.32. The maximum absolute atomic E-state index is 14.7. The van der Waals surface area contributed by atoms with Gasteiger partial charge in [0.25, 0.3) is 5.56 Å². The molecule has 4 rings (SSSR count). The quantitative estimate of drug-likeness (QED) is 0.522. The van der Waals surface area contributed by atoms with Crippen LogP contribution in [-0.2, 0) is 6.54 Å². The van der Waals surface area contributed by atoms with Gasteiger partial charge in [0.2, 0.25) is 0 Å². The minimum Gasteiger partial charge on any atom is -0.508 e. The van der Waals surface area contributed by atoms with Gasteiger partial charge in [0.1, 0.15) is 23.1 Å². The SMILES string of the molecule is CCN(CC)CCNc1cc2nc3n(c(=O)c2cc1F)CC/C3=C\c1ccc(O)cc1O. The van der Waals surface area contributed by atoms with E-state index in [2.05, 4.69) is 29.0 Å². The zero-order chi connectivity index (χ0) is 22.8. The minimum atomic E-state index is -0.473. The maximum atomic E-state index is 14.7. The van der Waals surface area contributed by atoms with E-state index in [0.29, 0.717) is 42.1 Å². The van der Waals surface area contributed by atoms with Gasteiger partial charge in [-0.15, -0.1) is 0 Å². The van der Waals surface area contributed by atoms with Crippen LogP contribution in [0.25, 0.3) is 22.6 Å². The average Bonchev–Trinajstić information content (AvgIpc) is 3.17. The number of likely N-dealkylation sites (N-methyl/N-ethyl adjacent to an activating group) is 1. The Morgan fingerprint density at radius 2 is 2.00 bits per heavy atom. The zero-order valence-electron chi connectivity index (χ0n) is 18.2. The van der Waals surface area contributed by atoms with E-state index in [0.717, 1.165) is 25.2 Å². The number of anilines is 1. The van der Waals surface area contributed by atoms with Crippen molar-refractivity contribution in [3.8, 4) is 11.5 Å². The molecule has 2 aromatic carbocycles. The summed E-state index contributed by atoms with van der Waals surface area (Å²) in [5.41, 5.74) is 1.79. The van der Waals surface area contributed by atoms with Crippen molar-refractivity contribution in [2.75, 3.05) is 31.5 Å². The van der Waals surface area contributed by atoms with Gasteiger partial charge in [-0.2, -0.15) is 0 Å². The van der Waals surface area contributed by atoms with Crippen LogP contribution in [0.5, 0.6) is 11.5 Å². The third-order valence-electron chi connectivity index (χ3n) is 5.92. The third kappa shape index (κ3) is 4.18. The third-order valence-corrected chi connectivity index (χ3v) is 5.92. The molecule has 168 valence electrons. The van der Waals surface area contributed by atoms with Gasteiger partial charge in [0.15, 0.2) is 0 Å². The molecule has 3 N–H and O–H groups in total. The highest BCUT2D eigenvalue weighted by molar-refractivity contribution is 5.87. The van der Waals surface area contributed by atoms with Crippen molar-refractivity contribution in [2.24, 2.45) is 0 Å². The molecule has 0 spiro atoms. The monoisotopic (exact) mass is 438 g/mol. The number of aromatic hydroxyl groups is 2. The Kier molecular flexibility index (Phi) is 6.14. The molecule has 0 saturated heterocycles. The van der Waals surface area contributed by atoms with Crippen LogP contribution in [0.3, 0.4) is 0 Å². The molecule has 2 heterocycles. The lowest BCUT2D eigenvalue weighted by molar-refractivity contribution is 0.316. The van der Waals surface area contributed by atoms with Crippen LogP contribution in [0.1, 0.15) is 31.7 Å². The van der Waals surface area contributed by atoms with Gasteiger partial charge in [0, 0.05) is 31.3 Å². The largest absolute Gasteiger partial charge is 0.508 e. The number of fused-ring (bicyclic) bond motifs is 2. The summed E-state index contributed by atoms with van der Waals surface area (Å²) >= 11 is 0. The molecule has 1 aliphatic heterocycles. The fourth-order valence-corrected chi connectivity index (χ4v) is 4.04. The Morgan fingerprint density at radius 3 is 2.72 bits per heavy atom. The number of aromatic nitrogens is 2. The predicted molar refractivity (Wildman–Crippen MR) is 124 cm³/mol. The lowest BCUT2D eigenvalue weighted by Gasteiger charge is -2.18. The summed E-state index contributed by atoms with van der Waals surface area (Å²) in [7, 11) is 0. The summed E-state index contributed by atoms with van der Waals surface area (Å²) in [6.45, 7) is 7.82. The van der Waals surface area contributed by atoms with Crippen LogP contribution < -0.4 is 10.9 Å². The Labute approximate surface area is 185 Å². The Bertz CT molecular complexity index is 1250. The fourth-order valence-electron chi connectivity index (χ4n) is 4.04. The molecule has 0 amide bonds. The first-order valence-corrected chi connectivity index (χ1v) is 10.8. The number of allylic oxidation sites excluding steroid dienone is 1. The highest BCUT2D eigenvalue weighted by atomic mass is 19.1. The molecule has 32 heavy (non-hydrogen) atoms. The van der Waals surface area contributed by atoms with Crippen molar-refractivity contribution in [3.63, 3.8) is 0 Å². The second-order valence-electron chi connectivity index (χ2n) is 7.86. The average molecular weight is 439 g/mol. The number of phenols is 2. The summed E-state index contributed by atoms with van der Waals surface area (Å²) in [5.74, 6) is -0.0457. The first kappa shape index (κ1) is 21.8. The highest BCUT2D eigenvalue weighted by Gasteiger charge is 2.22. The molecule has 1 aromatic heterocycles. The second kappa shape index (κ2) is 9.00. The van der Waals surface area contributed by atoms with Gasteiger partial charge in [-0.1, -0.05) is 13.8 Å². The summed E-state index contributed by atoms with van der Waals surface area (Å²) in [6.07, 6.45) is 2.33. The summed E-state index contributed by atoms with van der Waals surface area (Å²) in [4.78, 5) is 19.9. The molecule has 0 atom stereocenters. The number of phenolic OH excluding ortho intramolecular Hbond substituents is 2. The number of nitrogens with one attached hydrogen (secondary N) is 1. The molecular weight excluding hydrogens is 411 g/mol. The van der Waals surface area contributed by atoms with E-state index in [9.17, 15) is 19.4 Å². The van der Waals surface area contributed by atoms with E-state index < -0.39 is 5.82 Å². The van der Waals surface area contributed by atoms with Crippen molar-refractivity contribution in [1.29, 1.82) is 0 Å². The van der Waals surface area contributed by atoms with Gasteiger partial charge in [-0.25, -0.2) is 9.37 Å². The van der Waals surface area contributed by atoms with Crippen LogP contribution in [0.4, 0.5) is 10.1 Å². The van der Waals surface area contributed by atoms with Gasteiger partial charge in [0.05, 0.1) is 16.6 Å². The fraction of sp³-hybridized carbons (Fsp3) is 0.333. The zero-order valence-corrected chi connectivity index (χ0v) is 18.2. The van der Waals surface area contributed by atoms with E-state index in [1.165, 1.54) is 18.2 Å². The molecule has 8 heteroatoms. The summed E-state index contributed by atoms with van der Waals surface area (Å²) in [5, 5.41) is 23.0. The predicted octanol–water partition coefficient (Wildman–Crippen LogP) is 3.64.